The van der Waals surface area contributed by atoms with Gasteiger partial charge in [-0.2, -0.15) is 0 Å². The second-order valence-electron chi connectivity index (χ2n) is 8.43. The molecule has 10 heteroatoms. The molecule has 0 radical (unpaired) electrons. The van der Waals surface area contributed by atoms with Gasteiger partial charge in [-0.3, -0.25) is 14.9 Å². The summed E-state index contributed by atoms with van der Waals surface area (Å²) in [6.07, 6.45) is 3.43. The number of ether oxygens (including phenoxy) is 1. The first-order chi connectivity index (χ1) is 16.9. The number of rotatable bonds is 8. The van der Waals surface area contributed by atoms with Crippen LogP contribution in [0.25, 0.3) is 11.0 Å². The van der Waals surface area contributed by atoms with E-state index in [9.17, 15) is 18.4 Å². The minimum Gasteiger partial charge on any atom is -0.435 e. The van der Waals surface area contributed by atoms with Gasteiger partial charge in [0.15, 0.2) is 11.6 Å². The minimum absolute atomic E-state index is 0.0179. The highest BCUT2D eigenvalue weighted by Crippen LogP contribution is 2.34. The van der Waals surface area contributed by atoms with Gasteiger partial charge in [-0.1, -0.05) is 6.07 Å². The van der Waals surface area contributed by atoms with E-state index >= 15 is 0 Å². The molecule has 0 saturated heterocycles. The van der Waals surface area contributed by atoms with Crippen molar-refractivity contribution < 1.29 is 23.1 Å². The smallest absolute Gasteiger partial charge is 0.254 e. The van der Waals surface area contributed by atoms with Crippen molar-refractivity contribution in [3.63, 3.8) is 0 Å². The number of anilines is 1. The highest BCUT2D eigenvalue weighted by atomic mass is 19.1. The maximum atomic E-state index is 14.7. The summed E-state index contributed by atoms with van der Waals surface area (Å²) in [5.41, 5.74) is 6.92. The Morgan fingerprint density at radius 2 is 1.97 bits per heavy atom. The van der Waals surface area contributed by atoms with Crippen molar-refractivity contribution >= 4 is 28.8 Å². The Labute approximate surface area is 198 Å². The Bertz CT molecular complexity index is 1450. The molecule has 5 rings (SSSR count). The van der Waals surface area contributed by atoms with Gasteiger partial charge in [0.1, 0.15) is 11.4 Å². The van der Waals surface area contributed by atoms with Crippen LogP contribution in [-0.4, -0.2) is 26.3 Å². The zero-order valence-corrected chi connectivity index (χ0v) is 18.5. The number of benzene rings is 2. The van der Waals surface area contributed by atoms with E-state index < -0.39 is 17.6 Å². The zero-order valence-electron chi connectivity index (χ0n) is 18.5. The lowest BCUT2D eigenvalue weighted by atomic mass is 10.1. The molecule has 178 valence electrons. The summed E-state index contributed by atoms with van der Waals surface area (Å²) in [6.45, 7) is 0.636. The van der Waals surface area contributed by atoms with Crippen LogP contribution >= 0.6 is 0 Å². The number of aromatic nitrogens is 3. The number of carbonyl (C=O) groups is 2. The quantitative estimate of drug-likeness (QED) is 0.395. The molecule has 2 aromatic carbocycles. The van der Waals surface area contributed by atoms with E-state index in [1.165, 1.54) is 48.7 Å². The summed E-state index contributed by atoms with van der Waals surface area (Å²) in [5, 5.41) is 2.77. The monoisotopic (exact) mass is 477 g/mol. The summed E-state index contributed by atoms with van der Waals surface area (Å²) in [5.74, 6) is -1.73. The van der Waals surface area contributed by atoms with Gasteiger partial charge in [0.2, 0.25) is 17.7 Å². The lowest BCUT2D eigenvalue weighted by molar-refractivity contribution is -0.115. The molecule has 0 spiro atoms. The van der Waals surface area contributed by atoms with Crippen LogP contribution in [0, 0.1) is 17.6 Å². The number of pyridine rings is 1. The number of nitrogens with zero attached hydrogens (tertiary/aromatic N) is 3. The van der Waals surface area contributed by atoms with Crippen LogP contribution in [0.2, 0.25) is 0 Å². The van der Waals surface area contributed by atoms with Crippen LogP contribution in [0.1, 0.15) is 28.8 Å². The second-order valence-corrected chi connectivity index (χ2v) is 8.43. The Hall–Kier alpha value is -4.34. The first kappa shape index (κ1) is 22.5. The molecule has 0 bridgehead atoms. The number of fused-ring (bicyclic) bond motifs is 1. The molecule has 35 heavy (non-hydrogen) atoms. The van der Waals surface area contributed by atoms with Gasteiger partial charge in [-0.15, -0.1) is 0 Å². The fraction of sp³-hybridized carbons (Fsp3) is 0.200. The number of hydrogen-bond acceptors (Lipinski definition) is 5. The topological polar surface area (TPSA) is 112 Å². The summed E-state index contributed by atoms with van der Waals surface area (Å²) in [7, 11) is 0. The predicted molar refractivity (Wildman–Crippen MR) is 124 cm³/mol. The molecule has 0 aliphatic heterocycles. The van der Waals surface area contributed by atoms with Crippen LogP contribution < -0.4 is 15.8 Å². The predicted octanol–water partition coefficient (Wildman–Crippen LogP) is 4.19. The van der Waals surface area contributed by atoms with Gasteiger partial charge in [-0.05, 0) is 66.8 Å². The number of primary amides is 1. The molecule has 8 nitrogen and oxygen atoms in total. The van der Waals surface area contributed by atoms with Crippen molar-refractivity contribution in [3.05, 3.63) is 77.5 Å². The van der Waals surface area contributed by atoms with Crippen LogP contribution in [0.3, 0.4) is 0 Å². The lowest BCUT2D eigenvalue weighted by Gasteiger charge is -2.11. The summed E-state index contributed by atoms with van der Waals surface area (Å²) in [6, 6.07) is 11.3. The Morgan fingerprint density at radius 1 is 1.14 bits per heavy atom. The normalized spacial score (nSPS) is 13.1. The second kappa shape index (κ2) is 9.13. The Balaban J connectivity index is 1.32. The number of nitrogens with two attached hydrogens (primary N) is 1. The van der Waals surface area contributed by atoms with Crippen molar-refractivity contribution in [3.8, 4) is 11.6 Å². The molecule has 3 N–H and O–H groups in total. The van der Waals surface area contributed by atoms with E-state index in [1.54, 1.807) is 6.07 Å². The van der Waals surface area contributed by atoms with Crippen LogP contribution in [-0.2, 0) is 17.8 Å². The Morgan fingerprint density at radius 3 is 2.71 bits per heavy atom. The number of carbonyl (C=O) groups excluding carboxylic acids is 2. The summed E-state index contributed by atoms with van der Waals surface area (Å²) in [4.78, 5) is 32.6. The van der Waals surface area contributed by atoms with Gasteiger partial charge in [-0.25, -0.2) is 18.7 Å². The van der Waals surface area contributed by atoms with Gasteiger partial charge in [0, 0.05) is 12.7 Å². The van der Waals surface area contributed by atoms with Crippen molar-refractivity contribution in [2.75, 3.05) is 5.32 Å². The van der Waals surface area contributed by atoms with Gasteiger partial charge in [0.25, 0.3) is 5.91 Å². The molecule has 1 aliphatic carbocycles. The summed E-state index contributed by atoms with van der Waals surface area (Å²) < 4.78 is 35.7. The first-order valence-electron chi connectivity index (χ1n) is 11.0. The van der Waals surface area contributed by atoms with E-state index in [0.29, 0.717) is 35.0 Å². The molecule has 2 aromatic heterocycles. The van der Waals surface area contributed by atoms with Crippen LogP contribution in [0.15, 0.2) is 54.7 Å². The van der Waals surface area contributed by atoms with E-state index in [0.717, 1.165) is 12.8 Å². The van der Waals surface area contributed by atoms with Crippen molar-refractivity contribution in [2.24, 2.45) is 11.7 Å². The maximum Gasteiger partial charge on any atom is 0.254 e. The van der Waals surface area contributed by atoms with Gasteiger partial charge < -0.3 is 15.0 Å². The minimum atomic E-state index is -0.753. The van der Waals surface area contributed by atoms with Crippen molar-refractivity contribution in [2.45, 2.75) is 25.8 Å². The first-order valence-corrected chi connectivity index (χ1v) is 11.0. The van der Waals surface area contributed by atoms with Crippen molar-refractivity contribution in [1.82, 2.24) is 14.5 Å². The van der Waals surface area contributed by atoms with E-state index in [-0.39, 0.29) is 29.4 Å². The van der Waals surface area contributed by atoms with E-state index in [1.807, 2.05) is 4.57 Å². The standard InChI is InChI=1S/C25H21F2N5O3/c26-16-6-7-19-20(12-16)32(13-14-3-4-14)25(30-19)31-22(33)11-15-5-8-21(18(27)10-15)35-24-17(23(28)34)2-1-9-29-24/h1-2,5-10,12,14H,3-4,11,13H2,(H2,28,34)(H,30,31,33). The van der Waals surface area contributed by atoms with Gasteiger partial charge in [0.05, 0.1) is 17.5 Å². The van der Waals surface area contributed by atoms with E-state index in [4.69, 9.17) is 10.5 Å². The molecule has 2 amide bonds. The number of imidazole rings is 1. The largest absolute Gasteiger partial charge is 0.435 e. The molecule has 2 heterocycles. The molecule has 0 atom stereocenters. The third-order valence-corrected chi connectivity index (χ3v) is 5.70. The molecular weight excluding hydrogens is 456 g/mol. The molecule has 1 aliphatic rings. The number of amides is 2. The highest BCUT2D eigenvalue weighted by Gasteiger charge is 2.25. The fourth-order valence-corrected chi connectivity index (χ4v) is 3.79. The average molecular weight is 477 g/mol. The third kappa shape index (κ3) is 4.96. The fourth-order valence-electron chi connectivity index (χ4n) is 3.79. The average Bonchev–Trinajstić information content (AvgIpc) is 3.58. The third-order valence-electron chi connectivity index (χ3n) is 5.70. The van der Waals surface area contributed by atoms with Gasteiger partial charge >= 0.3 is 0 Å². The molecular formula is C25H21F2N5O3. The molecule has 0 unspecified atom stereocenters. The Kier molecular flexibility index (Phi) is 5.86. The molecule has 1 saturated carbocycles. The highest BCUT2D eigenvalue weighted by molar-refractivity contribution is 5.95. The van der Waals surface area contributed by atoms with Crippen LogP contribution in [0.4, 0.5) is 14.7 Å². The zero-order chi connectivity index (χ0) is 24.5. The maximum absolute atomic E-state index is 14.7. The SMILES string of the molecule is NC(=O)c1cccnc1Oc1ccc(CC(=O)Nc2nc3ccc(F)cc3n2CC2CC2)cc1F. The van der Waals surface area contributed by atoms with Crippen LogP contribution in [0.5, 0.6) is 11.6 Å². The molecule has 4 aromatic rings. The number of halogens is 2. The van der Waals surface area contributed by atoms with E-state index in [2.05, 4.69) is 15.3 Å². The summed E-state index contributed by atoms with van der Waals surface area (Å²) >= 11 is 0. The lowest BCUT2D eigenvalue weighted by Crippen LogP contribution is -2.18. The van der Waals surface area contributed by atoms with Crippen molar-refractivity contribution in [1.29, 1.82) is 0 Å². The number of hydrogen-bond donors (Lipinski definition) is 2. The number of nitrogens with one attached hydrogen (secondary N) is 1. The molecule has 1 fully saturated rings.